The van der Waals surface area contributed by atoms with Crippen LogP contribution in [0.1, 0.15) is 33.1 Å². The van der Waals surface area contributed by atoms with Crippen molar-refractivity contribution >= 4 is 11.7 Å². The van der Waals surface area contributed by atoms with Crippen LogP contribution in [0.5, 0.6) is 5.75 Å². The van der Waals surface area contributed by atoms with Crippen LogP contribution in [-0.4, -0.2) is 27.9 Å². The molecule has 1 aliphatic heterocycles. The normalized spacial score (nSPS) is 15.3. The molecule has 0 aliphatic carbocycles. The predicted molar refractivity (Wildman–Crippen MR) is 104 cm³/mol. The minimum Gasteiger partial charge on any atom is -0.491 e. The highest BCUT2D eigenvalue weighted by Gasteiger charge is 2.32. The summed E-state index contributed by atoms with van der Waals surface area (Å²) < 4.78 is 5.95. The van der Waals surface area contributed by atoms with E-state index in [1.807, 2.05) is 18.2 Å². The van der Waals surface area contributed by atoms with Crippen LogP contribution in [0.15, 0.2) is 59.5 Å². The van der Waals surface area contributed by atoms with Gasteiger partial charge in [-0.1, -0.05) is 30.3 Å². The maximum atomic E-state index is 12.0. The molecule has 2 aromatic carbocycles. The minimum atomic E-state index is -0.997. The van der Waals surface area contributed by atoms with E-state index in [-0.39, 0.29) is 17.2 Å². The fourth-order valence-corrected chi connectivity index (χ4v) is 3.53. The van der Waals surface area contributed by atoms with Gasteiger partial charge in [0.05, 0.1) is 23.5 Å². The molecule has 1 aliphatic rings. The Hall–Kier alpha value is -3.61. The topological polar surface area (TPSA) is 95.5 Å². The van der Waals surface area contributed by atoms with Crippen molar-refractivity contribution in [3.63, 3.8) is 0 Å². The molecule has 0 saturated carbocycles. The zero-order chi connectivity index (χ0) is 19.7. The Morgan fingerprint density at radius 2 is 2.11 bits per heavy atom. The Morgan fingerprint density at radius 3 is 2.93 bits per heavy atom. The van der Waals surface area contributed by atoms with Gasteiger partial charge < -0.3 is 14.7 Å². The van der Waals surface area contributed by atoms with Crippen LogP contribution in [0, 0.1) is 6.92 Å². The van der Waals surface area contributed by atoms with Crippen molar-refractivity contribution < 1.29 is 14.6 Å². The number of fused-ring (bicyclic) bond motifs is 1. The third-order valence-corrected chi connectivity index (χ3v) is 5.01. The lowest BCUT2D eigenvalue weighted by atomic mass is 10.1. The first-order valence-corrected chi connectivity index (χ1v) is 8.89. The van der Waals surface area contributed by atoms with Gasteiger partial charge in [0.25, 0.3) is 5.56 Å². The fourth-order valence-electron chi connectivity index (χ4n) is 3.53. The summed E-state index contributed by atoms with van der Waals surface area (Å²) in [7, 11) is 0. The van der Waals surface area contributed by atoms with Gasteiger partial charge in [-0.2, -0.15) is 5.10 Å². The number of hydrogen-bond donors (Lipinski definition) is 2. The molecule has 2 heterocycles. The summed E-state index contributed by atoms with van der Waals surface area (Å²) in [5.74, 6) is -0.506. The van der Waals surface area contributed by atoms with Crippen molar-refractivity contribution in [3.05, 3.63) is 87.3 Å². The number of ether oxygens (including phenoxy) is 1. The molecule has 4 rings (SSSR count). The Labute approximate surface area is 161 Å². The van der Waals surface area contributed by atoms with E-state index in [1.165, 1.54) is 12.1 Å². The van der Waals surface area contributed by atoms with E-state index in [1.54, 1.807) is 25.3 Å². The van der Waals surface area contributed by atoms with E-state index in [0.717, 1.165) is 16.8 Å². The maximum absolute atomic E-state index is 12.0. The van der Waals surface area contributed by atoms with Crippen molar-refractivity contribution in [2.75, 3.05) is 11.5 Å². The number of rotatable bonds is 5. The van der Waals surface area contributed by atoms with Crippen molar-refractivity contribution in [2.24, 2.45) is 0 Å². The van der Waals surface area contributed by atoms with Crippen LogP contribution in [0.25, 0.3) is 0 Å². The number of carboxylic acids is 1. The first-order valence-electron chi connectivity index (χ1n) is 8.89. The summed E-state index contributed by atoms with van der Waals surface area (Å²) in [6.07, 6.45) is 1.65. The number of benzene rings is 2. The molecule has 0 radical (unpaired) electrons. The summed E-state index contributed by atoms with van der Waals surface area (Å²) in [6, 6.07) is 14.4. The highest BCUT2D eigenvalue weighted by molar-refractivity contribution is 5.88. The fraction of sp³-hybridized carbons (Fsp3) is 0.190. The Balaban J connectivity index is 1.65. The number of nitrogens with one attached hydrogen (secondary N) is 1. The van der Waals surface area contributed by atoms with Crippen LogP contribution in [0.3, 0.4) is 0 Å². The van der Waals surface area contributed by atoms with Crippen molar-refractivity contribution in [3.8, 4) is 5.75 Å². The first-order chi connectivity index (χ1) is 13.5. The Morgan fingerprint density at radius 1 is 1.29 bits per heavy atom. The van der Waals surface area contributed by atoms with E-state index in [2.05, 4.69) is 21.2 Å². The molecule has 0 spiro atoms. The van der Waals surface area contributed by atoms with Gasteiger partial charge in [0.15, 0.2) is 0 Å². The number of aromatic nitrogens is 2. The smallest absolute Gasteiger partial charge is 0.335 e. The van der Waals surface area contributed by atoms with E-state index >= 15 is 0 Å². The van der Waals surface area contributed by atoms with Crippen LogP contribution >= 0.6 is 0 Å². The average Bonchev–Trinajstić information content (AvgIpc) is 3.07. The molecule has 0 amide bonds. The third-order valence-electron chi connectivity index (χ3n) is 5.01. The van der Waals surface area contributed by atoms with E-state index in [0.29, 0.717) is 24.5 Å². The lowest BCUT2D eigenvalue weighted by Crippen LogP contribution is -2.29. The largest absolute Gasteiger partial charge is 0.491 e. The van der Waals surface area contributed by atoms with Crippen LogP contribution in [-0.2, 0) is 6.54 Å². The number of nitrogens with zero attached hydrogens (tertiary/aromatic N) is 2. The molecule has 1 atom stereocenters. The van der Waals surface area contributed by atoms with Crippen LogP contribution in [0.4, 0.5) is 5.69 Å². The van der Waals surface area contributed by atoms with Gasteiger partial charge in [-0.05, 0) is 36.2 Å². The second kappa shape index (κ2) is 7.19. The monoisotopic (exact) mass is 377 g/mol. The lowest BCUT2D eigenvalue weighted by Gasteiger charge is -2.28. The van der Waals surface area contributed by atoms with Crippen molar-refractivity contribution in [2.45, 2.75) is 19.5 Å². The van der Waals surface area contributed by atoms with Gasteiger partial charge in [0.1, 0.15) is 12.4 Å². The number of aromatic carboxylic acids is 1. The Bertz CT molecular complexity index is 1090. The molecule has 7 heteroatoms. The van der Waals surface area contributed by atoms with Crippen molar-refractivity contribution in [1.29, 1.82) is 0 Å². The van der Waals surface area contributed by atoms with Gasteiger partial charge in [0.2, 0.25) is 0 Å². The number of aromatic amines is 1. The van der Waals surface area contributed by atoms with Gasteiger partial charge in [-0.25, -0.2) is 9.89 Å². The first kappa shape index (κ1) is 17.8. The maximum Gasteiger partial charge on any atom is 0.335 e. The van der Waals surface area contributed by atoms with Crippen molar-refractivity contribution in [1.82, 2.24) is 10.2 Å². The quantitative estimate of drug-likeness (QED) is 0.710. The number of anilines is 1. The molecule has 2 N–H and O–H groups in total. The molecular formula is C21H19N3O4. The molecular weight excluding hydrogens is 358 g/mol. The van der Waals surface area contributed by atoms with Gasteiger partial charge >= 0.3 is 5.97 Å². The summed E-state index contributed by atoms with van der Waals surface area (Å²) in [6.45, 7) is 2.73. The molecule has 1 aromatic heterocycles. The number of hydrogen-bond acceptors (Lipinski definition) is 5. The van der Waals surface area contributed by atoms with Gasteiger partial charge in [-0.15, -0.1) is 0 Å². The number of H-pyrrole nitrogens is 1. The van der Waals surface area contributed by atoms with E-state index in [9.17, 15) is 9.59 Å². The summed E-state index contributed by atoms with van der Waals surface area (Å²) >= 11 is 0. The van der Waals surface area contributed by atoms with E-state index < -0.39 is 5.97 Å². The summed E-state index contributed by atoms with van der Waals surface area (Å²) in [5.41, 5.74) is 3.60. The summed E-state index contributed by atoms with van der Waals surface area (Å²) in [5, 5.41) is 15.6. The van der Waals surface area contributed by atoms with Gasteiger partial charge in [-0.3, -0.25) is 4.79 Å². The lowest BCUT2D eigenvalue weighted by molar-refractivity contribution is 0.0696. The van der Waals surface area contributed by atoms with Gasteiger partial charge in [0, 0.05) is 12.1 Å². The average molecular weight is 377 g/mol. The number of carboxylic acid groups (broad SMARTS) is 1. The molecule has 0 fully saturated rings. The van der Waals surface area contributed by atoms with Crippen LogP contribution < -0.4 is 15.2 Å². The second-order valence-electron chi connectivity index (χ2n) is 6.70. The zero-order valence-electron chi connectivity index (χ0n) is 15.3. The number of carbonyl (C=O) groups is 1. The molecule has 142 valence electrons. The highest BCUT2D eigenvalue weighted by Crippen LogP contribution is 2.38. The molecule has 28 heavy (non-hydrogen) atoms. The molecule has 3 aromatic rings. The third kappa shape index (κ3) is 3.22. The molecule has 0 bridgehead atoms. The predicted octanol–water partition coefficient (Wildman–Crippen LogP) is 2.92. The zero-order valence-corrected chi connectivity index (χ0v) is 15.3. The van der Waals surface area contributed by atoms with Crippen LogP contribution in [0.2, 0.25) is 0 Å². The Kier molecular flexibility index (Phi) is 4.57. The second-order valence-corrected chi connectivity index (χ2v) is 6.70. The standard InChI is InChI=1S/C21H19N3O4/c1-13-18(10-22-23-20(13)25)24-11-15-5-2-3-8-17(15)19(24)12-28-16-7-4-6-14(9-16)21(26)27/h2-10,19H,11-12H2,1H3,(H,23,25)(H,26,27). The minimum absolute atomic E-state index is 0.119. The molecule has 0 saturated heterocycles. The van der Waals surface area contributed by atoms with E-state index in [4.69, 9.17) is 9.84 Å². The summed E-state index contributed by atoms with van der Waals surface area (Å²) in [4.78, 5) is 25.3. The SMILES string of the molecule is Cc1c(N2Cc3ccccc3C2COc2cccc(C(=O)O)c2)cn[nH]c1=O. The molecule has 1 unspecified atom stereocenters. The molecule has 7 nitrogen and oxygen atoms in total. The highest BCUT2D eigenvalue weighted by atomic mass is 16.5.